The number of ether oxygens (including phenoxy) is 1. The van der Waals surface area contributed by atoms with Crippen LogP contribution in [0.1, 0.15) is 25.3 Å². The molecule has 3 rings (SSSR count). The second-order valence-corrected chi connectivity index (χ2v) is 7.73. The number of nitrogens with one attached hydrogen (secondary N) is 1. The number of hydrogen-bond acceptors (Lipinski definition) is 3. The average molecular weight is 452 g/mol. The molecular formula is C20H20BrClN2O3. The van der Waals surface area contributed by atoms with Crippen LogP contribution in [0.2, 0.25) is 5.02 Å². The molecule has 1 saturated heterocycles. The normalized spacial score (nSPS) is 14.9. The molecule has 0 aliphatic carbocycles. The lowest BCUT2D eigenvalue weighted by atomic mass is 10.2. The smallest absolute Gasteiger partial charge is 0.265 e. The zero-order valence-electron chi connectivity index (χ0n) is 14.9. The Hall–Kier alpha value is -2.05. The fraction of sp³-hybridized carbons (Fsp3) is 0.300. The third-order valence-electron chi connectivity index (χ3n) is 4.31. The van der Waals surface area contributed by atoms with E-state index in [9.17, 15) is 9.59 Å². The molecule has 1 fully saturated rings. The molecule has 0 bridgehead atoms. The summed E-state index contributed by atoms with van der Waals surface area (Å²) in [5, 5.41) is 3.44. The maximum Gasteiger partial charge on any atom is 0.265 e. The number of benzene rings is 2. The lowest BCUT2D eigenvalue weighted by molar-refractivity contribution is -0.128. The molecule has 1 aliphatic heterocycles. The fourth-order valence-electron chi connectivity index (χ4n) is 2.90. The van der Waals surface area contributed by atoms with Gasteiger partial charge in [-0.15, -0.1) is 0 Å². The first-order valence-corrected chi connectivity index (χ1v) is 9.89. The van der Waals surface area contributed by atoms with Gasteiger partial charge in [0.2, 0.25) is 5.91 Å². The second-order valence-electron chi connectivity index (χ2n) is 6.44. The van der Waals surface area contributed by atoms with E-state index in [4.69, 9.17) is 16.3 Å². The maximum absolute atomic E-state index is 12.5. The third kappa shape index (κ3) is 5.23. The van der Waals surface area contributed by atoms with Crippen LogP contribution in [0.15, 0.2) is 46.9 Å². The average Bonchev–Trinajstić information content (AvgIpc) is 3.02. The Bertz CT molecular complexity index is 859. The molecule has 0 spiro atoms. The molecule has 0 radical (unpaired) electrons. The highest BCUT2D eigenvalue weighted by atomic mass is 79.9. The van der Waals surface area contributed by atoms with Gasteiger partial charge in [-0.3, -0.25) is 9.59 Å². The molecule has 1 atom stereocenters. The molecule has 0 aromatic heterocycles. The van der Waals surface area contributed by atoms with Gasteiger partial charge < -0.3 is 15.0 Å². The van der Waals surface area contributed by atoms with E-state index in [0.717, 1.165) is 18.5 Å². The first kappa shape index (κ1) is 19.7. The van der Waals surface area contributed by atoms with E-state index in [2.05, 4.69) is 21.2 Å². The number of halogens is 2. The minimum absolute atomic E-state index is 0.181. The monoisotopic (exact) mass is 450 g/mol. The third-order valence-corrected chi connectivity index (χ3v) is 5.16. The van der Waals surface area contributed by atoms with Crippen molar-refractivity contribution in [3.05, 3.63) is 57.5 Å². The molecule has 1 aliphatic rings. The summed E-state index contributed by atoms with van der Waals surface area (Å²) in [6.45, 7) is 3.03. The van der Waals surface area contributed by atoms with E-state index in [1.807, 2.05) is 29.2 Å². The molecule has 0 saturated carbocycles. The Morgan fingerprint density at radius 2 is 2.15 bits per heavy atom. The van der Waals surface area contributed by atoms with Gasteiger partial charge in [0.05, 0.1) is 4.47 Å². The number of rotatable bonds is 6. The Kier molecular flexibility index (Phi) is 6.39. The van der Waals surface area contributed by atoms with E-state index in [1.54, 1.807) is 25.1 Å². The van der Waals surface area contributed by atoms with Crippen molar-refractivity contribution < 1.29 is 14.3 Å². The first-order valence-electron chi connectivity index (χ1n) is 8.71. The maximum atomic E-state index is 12.5. The fourth-order valence-corrected chi connectivity index (χ4v) is 3.67. The zero-order chi connectivity index (χ0) is 19.4. The van der Waals surface area contributed by atoms with Gasteiger partial charge in [-0.25, -0.2) is 0 Å². The van der Waals surface area contributed by atoms with Crippen molar-refractivity contribution in [3.63, 3.8) is 0 Å². The van der Waals surface area contributed by atoms with Gasteiger partial charge in [0.1, 0.15) is 5.75 Å². The minimum Gasteiger partial charge on any atom is -0.480 e. The van der Waals surface area contributed by atoms with Crippen molar-refractivity contribution in [2.24, 2.45) is 0 Å². The van der Waals surface area contributed by atoms with E-state index in [1.165, 1.54) is 0 Å². The van der Waals surface area contributed by atoms with Crippen LogP contribution in [0.25, 0.3) is 0 Å². The van der Waals surface area contributed by atoms with Gasteiger partial charge in [-0.05, 0) is 65.2 Å². The van der Waals surface area contributed by atoms with Crippen LogP contribution in [0.4, 0.5) is 5.69 Å². The summed E-state index contributed by atoms with van der Waals surface area (Å²) in [7, 11) is 0. The largest absolute Gasteiger partial charge is 0.480 e. The highest BCUT2D eigenvalue weighted by Gasteiger charge is 2.20. The van der Waals surface area contributed by atoms with Crippen LogP contribution in [-0.2, 0) is 16.1 Å². The van der Waals surface area contributed by atoms with Gasteiger partial charge in [0.25, 0.3) is 5.91 Å². The minimum atomic E-state index is -0.689. The summed E-state index contributed by atoms with van der Waals surface area (Å²) in [5.41, 5.74) is 1.66. The highest BCUT2D eigenvalue weighted by Crippen LogP contribution is 2.29. The summed E-state index contributed by atoms with van der Waals surface area (Å²) in [4.78, 5) is 26.1. The number of carbonyl (C=O) groups is 2. The number of hydrogen-bond donors (Lipinski definition) is 1. The van der Waals surface area contributed by atoms with Crippen LogP contribution in [0, 0.1) is 0 Å². The van der Waals surface area contributed by atoms with Crippen LogP contribution < -0.4 is 10.1 Å². The van der Waals surface area contributed by atoms with Crippen LogP contribution >= 0.6 is 27.5 Å². The topological polar surface area (TPSA) is 58.6 Å². The predicted octanol–water partition coefficient (Wildman–Crippen LogP) is 4.63. The summed E-state index contributed by atoms with van der Waals surface area (Å²) in [6.07, 6.45) is 0.835. The molecular weight excluding hydrogens is 432 g/mol. The van der Waals surface area contributed by atoms with E-state index >= 15 is 0 Å². The van der Waals surface area contributed by atoms with Gasteiger partial charge in [-0.2, -0.15) is 0 Å². The van der Waals surface area contributed by atoms with Crippen molar-refractivity contribution in [1.82, 2.24) is 4.90 Å². The Morgan fingerprint density at radius 1 is 1.33 bits per heavy atom. The van der Waals surface area contributed by atoms with Crippen molar-refractivity contribution in [2.45, 2.75) is 32.4 Å². The standard InChI is InChI=1S/C20H20BrClN2O3/c1-13(27-18-8-7-15(22)11-17(18)21)20(26)23-16-5-2-4-14(10-16)12-24-9-3-6-19(24)25/h2,4-5,7-8,10-11,13H,3,6,9,12H2,1H3,(H,23,26). The molecule has 7 heteroatoms. The number of amides is 2. The van der Waals surface area contributed by atoms with Gasteiger partial charge in [-0.1, -0.05) is 23.7 Å². The summed E-state index contributed by atoms with van der Waals surface area (Å²) >= 11 is 9.29. The molecule has 2 amide bonds. The van der Waals surface area contributed by atoms with Crippen molar-refractivity contribution in [3.8, 4) is 5.75 Å². The quantitative estimate of drug-likeness (QED) is 0.696. The van der Waals surface area contributed by atoms with Gasteiger partial charge >= 0.3 is 0 Å². The lowest BCUT2D eigenvalue weighted by Gasteiger charge is -2.18. The Labute approximate surface area is 171 Å². The van der Waals surface area contributed by atoms with Gasteiger partial charge in [0, 0.05) is 30.2 Å². The predicted molar refractivity (Wildman–Crippen MR) is 109 cm³/mol. The molecule has 1 unspecified atom stereocenters. The molecule has 142 valence electrons. The van der Waals surface area contributed by atoms with Crippen LogP contribution in [0.5, 0.6) is 5.75 Å². The molecule has 1 heterocycles. The van der Waals surface area contributed by atoms with Gasteiger partial charge in [0.15, 0.2) is 6.10 Å². The van der Waals surface area contributed by atoms with E-state index in [0.29, 0.717) is 33.9 Å². The molecule has 5 nitrogen and oxygen atoms in total. The molecule has 2 aromatic carbocycles. The Morgan fingerprint density at radius 3 is 2.85 bits per heavy atom. The summed E-state index contributed by atoms with van der Waals surface area (Å²) in [5.74, 6) is 0.467. The van der Waals surface area contributed by atoms with Crippen LogP contribution in [-0.4, -0.2) is 29.4 Å². The number of anilines is 1. The highest BCUT2D eigenvalue weighted by molar-refractivity contribution is 9.10. The van der Waals surface area contributed by atoms with Crippen molar-refractivity contribution in [2.75, 3.05) is 11.9 Å². The SMILES string of the molecule is CC(Oc1ccc(Cl)cc1Br)C(=O)Nc1cccc(CN2CCCC2=O)c1. The molecule has 1 N–H and O–H groups in total. The summed E-state index contributed by atoms with van der Waals surface area (Å²) < 4.78 is 6.40. The molecule has 2 aromatic rings. The lowest BCUT2D eigenvalue weighted by Crippen LogP contribution is -2.30. The number of nitrogens with zero attached hydrogens (tertiary/aromatic N) is 1. The number of likely N-dealkylation sites (tertiary alicyclic amines) is 1. The summed E-state index contributed by atoms with van der Waals surface area (Å²) in [6, 6.07) is 12.6. The second kappa shape index (κ2) is 8.76. The van der Waals surface area contributed by atoms with Crippen molar-refractivity contribution in [1.29, 1.82) is 0 Å². The number of carbonyl (C=O) groups excluding carboxylic acids is 2. The van der Waals surface area contributed by atoms with E-state index in [-0.39, 0.29) is 11.8 Å². The van der Waals surface area contributed by atoms with Crippen molar-refractivity contribution >= 4 is 45.0 Å². The molecule has 27 heavy (non-hydrogen) atoms. The van der Waals surface area contributed by atoms with E-state index < -0.39 is 6.10 Å². The Balaban J connectivity index is 1.61. The van der Waals surface area contributed by atoms with Crippen LogP contribution in [0.3, 0.4) is 0 Å². The zero-order valence-corrected chi connectivity index (χ0v) is 17.2. The first-order chi connectivity index (χ1) is 12.9.